The van der Waals surface area contributed by atoms with Crippen LogP contribution in [0.4, 0.5) is 10.2 Å². The zero-order valence-corrected chi connectivity index (χ0v) is 12.9. The number of pyridine rings is 1. The van der Waals surface area contributed by atoms with Crippen LogP contribution in [-0.2, 0) is 6.54 Å². The van der Waals surface area contributed by atoms with Crippen molar-refractivity contribution in [2.24, 2.45) is 0 Å². The first-order valence-electron chi connectivity index (χ1n) is 7.54. The molecule has 7 heteroatoms. The van der Waals surface area contributed by atoms with Crippen molar-refractivity contribution in [2.75, 3.05) is 18.4 Å². The highest BCUT2D eigenvalue weighted by Gasteiger charge is 2.32. The number of anilines is 1. The molecule has 0 bridgehead atoms. The van der Waals surface area contributed by atoms with Gasteiger partial charge >= 0.3 is 0 Å². The fourth-order valence-corrected chi connectivity index (χ4v) is 2.87. The Balaban J connectivity index is 1.66. The summed E-state index contributed by atoms with van der Waals surface area (Å²) in [6.07, 6.45) is 2.93. The van der Waals surface area contributed by atoms with Gasteiger partial charge in [0.25, 0.3) is 0 Å². The Morgan fingerprint density at radius 2 is 2.43 bits per heavy atom. The van der Waals surface area contributed by atoms with E-state index in [1.165, 1.54) is 0 Å². The van der Waals surface area contributed by atoms with Crippen LogP contribution in [0.3, 0.4) is 0 Å². The van der Waals surface area contributed by atoms with E-state index in [1.807, 2.05) is 6.92 Å². The number of rotatable bonds is 5. The van der Waals surface area contributed by atoms with Gasteiger partial charge in [-0.1, -0.05) is 5.16 Å². The number of nitrogens with one attached hydrogen (secondary N) is 1. The van der Waals surface area contributed by atoms with E-state index < -0.39 is 6.17 Å². The Morgan fingerprint density at radius 3 is 3.17 bits per heavy atom. The van der Waals surface area contributed by atoms with Crippen LogP contribution in [0.15, 0.2) is 29.0 Å². The second kappa shape index (κ2) is 6.75. The lowest BCUT2D eigenvalue weighted by Crippen LogP contribution is -2.34. The van der Waals surface area contributed by atoms with Gasteiger partial charge in [-0.3, -0.25) is 4.90 Å². The maximum Gasteiger partial charge on any atom is 0.143 e. The molecule has 1 fully saturated rings. The molecule has 3 rings (SSSR count). The summed E-state index contributed by atoms with van der Waals surface area (Å²) in [4.78, 5) is 6.25. The highest BCUT2D eigenvalue weighted by molar-refractivity contribution is 5.51. The minimum atomic E-state index is -0.846. The fraction of sp³-hybridized carbons (Fsp3) is 0.438. The van der Waals surface area contributed by atoms with Crippen LogP contribution < -0.4 is 5.32 Å². The molecule has 6 nitrogen and oxygen atoms in total. The van der Waals surface area contributed by atoms with Crippen molar-refractivity contribution in [1.82, 2.24) is 15.0 Å². The van der Waals surface area contributed by atoms with Gasteiger partial charge in [-0.15, -0.1) is 0 Å². The Labute approximate surface area is 133 Å². The number of aryl methyl sites for hydroxylation is 1. The Kier molecular flexibility index (Phi) is 4.53. The van der Waals surface area contributed by atoms with Crippen molar-refractivity contribution in [1.29, 1.82) is 5.26 Å². The molecule has 1 saturated heterocycles. The second-order valence-corrected chi connectivity index (χ2v) is 5.72. The average Bonchev–Trinajstić information content (AvgIpc) is 3.11. The molecule has 0 aliphatic carbocycles. The normalized spacial score (nSPS) is 21.3. The second-order valence-electron chi connectivity index (χ2n) is 5.72. The zero-order valence-electron chi connectivity index (χ0n) is 12.9. The third kappa shape index (κ3) is 3.48. The van der Waals surface area contributed by atoms with E-state index in [1.54, 1.807) is 24.5 Å². The van der Waals surface area contributed by atoms with E-state index in [9.17, 15) is 4.39 Å². The molecule has 2 aromatic rings. The van der Waals surface area contributed by atoms with Gasteiger partial charge in [0.05, 0.1) is 11.8 Å². The smallest absolute Gasteiger partial charge is 0.143 e. The third-order valence-electron chi connectivity index (χ3n) is 4.13. The quantitative estimate of drug-likeness (QED) is 0.912. The predicted octanol–water partition coefficient (Wildman–Crippen LogP) is 2.27. The van der Waals surface area contributed by atoms with Gasteiger partial charge in [0.15, 0.2) is 0 Å². The molecule has 1 N–H and O–H groups in total. The highest BCUT2D eigenvalue weighted by atomic mass is 19.1. The van der Waals surface area contributed by atoms with Crippen molar-refractivity contribution in [2.45, 2.75) is 32.1 Å². The molecule has 1 aliphatic rings. The molecular weight excluding hydrogens is 297 g/mol. The van der Waals surface area contributed by atoms with Crippen LogP contribution in [0.1, 0.15) is 23.3 Å². The predicted molar refractivity (Wildman–Crippen MR) is 82.4 cm³/mol. The fourth-order valence-electron chi connectivity index (χ4n) is 2.87. The molecular formula is C16H18FN5O. The maximum absolute atomic E-state index is 13.8. The summed E-state index contributed by atoms with van der Waals surface area (Å²) in [5, 5.41) is 16.0. The number of halogens is 1. The molecule has 0 spiro atoms. The van der Waals surface area contributed by atoms with Crippen LogP contribution in [0, 0.1) is 18.3 Å². The van der Waals surface area contributed by atoms with Crippen molar-refractivity contribution in [3.63, 3.8) is 0 Å². The van der Waals surface area contributed by atoms with Gasteiger partial charge in [-0.2, -0.15) is 5.26 Å². The number of hydrogen-bond donors (Lipinski definition) is 1. The van der Waals surface area contributed by atoms with Gasteiger partial charge in [-0.25, -0.2) is 9.37 Å². The average molecular weight is 315 g/mol. The molecule has 0 unspecified atom stereocenters. The van der Waals surface area contributed by atoms with E-state index in [4.69, 9.17) is 9.78 Å². The number of nitrogens with zero attached hydrogens (tertiary/aromatic N) is 4. The van der Waals surface area contributed by atoms with E-state index in [2.05, 4.69) is 26.4 Å². The van der Waals surface area contributed by atoms with Crippen molar-refractivity contribution in [3.05, 3.63) is 41.4 Å². The Morgan fingerprint density at radius 1 is 1.57 bits per heavy atom. The number of aromatic nitrogens is 2. The maximum atomic E-state index is 13.8. The van der Waals surface area contributed by atoms with Gasteiger partial charge in [-0.05, 0) is 25.5 Å². The molecule has 0 saturated carbocycles. The summed E-state index contributed by atoms with van der Waals surface area (Å²) in [5.74, 6) is 1.30. The SMILES string of the molecule is Cc1oncc1CN1C[C@@H](F)C[C@H]1CNc1ncccc1C#N. The zero-order chi connectivity index (χ0) is 16.2. The lowest BCUT2D eigenvalue weighted by molar-refractivity contribution is 0.240. The Bertz CT molecular complexity index is 710. The summed E-state index contributed by atoms with van der Waals surface area (Å²) >= 11 is 0. The van der Waals surface area contributed by atoms with Crippen LogP contribution in [0.5, 0.6) is 0 Å². The minimum absolute atomic E-state index is 0.0350. The van der Waals surface area contributed by atoms with Crippen LogP contribution >= 0.6 is 0 Å². The molecule has 120 valence electrons. The summed E-state index contributed by atoms with van der Waals surface area (Å²) in [6.45, 7) is 3.39. The molecule has 3 heterocycles. The standard InChI is InChI=1S/C16H18FN5O/c1-11-13(7-21-23-11)9-22-10-14(17)5-15(22)8-20-16-12(6-18)3-2-4-19-16/h2-4,7,14-15H,5,8-10H2,1H3,(H,19,20)/t14-,15-/m0/s1. The largest absolute Gasteiger partial charge is 0.367 e. The van der Waals surface area contributed by atoms with Crippen molar-refractivity contribution in [3.8, 4) is 6.07 Å². The van der Waals surface area contributed by atoms with Gasteiger partial charge in [0.1, 0.15) is 23.8 Å². The Hall–Kier alpha value is -2.46. The van der Waals surface area contributed by atoms with E-state index in [0.717, 1.165) is 11.3 Å². The first kappa shape index (κ1) is 15.4. The molecule has 0 radical (unpaired) electrons. The van der Waals surface area contributed by atoms with Gasteiger partial charge in [0.2, 0.25) is 0 Å². The van der Waals surface area contributed by atoms with Crippen molar-refractivity contribution < 1.29 is 8.91 Å². The molecule has 23 heavy (non-hydrogen) atoms. The molecule has 0 aromatic carbocycles. The van der Waals surface area contributed by atoms with Crippen LogP contribution in [0.25, 0.3) is 0 Å². The minimum Gasteiger partial charge on any atom is -0.367 e. The highest BCUT2D eigenvalue weighted by Crippen LogP contribution is 2.24. The lowest BCUT2D eigenvalue weighted by Gasteiger charge is -2.24. The summed E-state index contributed by atoms with van der Waals surface area (Å²) in [6, 6.07) is 5.57. The van der Waals surface area contributed by atoms with E-state index in [0.29, 0.717) is 37.4 Å². The van der Waals surface area contributed by atoms with Crippen LogP contribution in [-0.4, -0.2) is 40.3 Å². The third-order valence-corrected chi connectivity index (χ3v) is 4.13. The lowest BCUT2D eigenvalue weighted by atomic mass is 10.2. The molecule has 2 atom stereocenters. The number of nitriles is 1. The summed E-state index contributed by atoms with van der Waals surface area (Å²) < 4.78 is 18.9. The van der Waals surface area contributed by atoms with Gasteiger partial charge in [0, 0.05) is 37.4 Å². The number of alkyl halides is 1. The monoisotopic (exact) mass is 315 g/mol. The number of likely N-dealkylation sites (tertiary alicyclic amines) is 1. The summed E-state index contributed by atoms with van der Waals surface area (Å²) in [5.41, 5.74) is 1.46. The van der Waals surface area contributed by atoms with E-state index in [-0.39, 0.29) is 6.04 Å². The first-order chi connectivity index (χ1) is 11.2. The van der Waals surface area contributed by atoms with Gasteiger partial charge < -0.3 is 9.84 Å². The summed E-state index contributed by atoms with van der Waals surface area (Å²) in [7, 11) is 0. The molecule has 1 aliphatic heterocycles. The number of hydrogen-bond acceptors (Lipinski definition) is 6. The molecule has 0 amide bonds. The van der Waals surface area contributed by atoms with Crippen molar-refractivity contribution >= 4 is 5.82 Å². The topological polar surface area (TPSA) is 78.0 Å². The van der Waals surface area contributed by atoms with Crippen LogP contribution in [0.2, 0.25) is 0 Å². The first-order valence-corrected chi connectivity index (χ1v) is 7.54. The van der Waals surface area contributed by atoms with E-state index >= 15 is 0 Å². The molecule has 2 aromatic heterocycles.